The average Bonchev–Trinajstić information content (AvgIpc) is 3.26. The summed E-state index contributed by atoms with van der Waals surface area (Å²) in [6.07, 6.45) is 1.65. The number of fused-ring (bicyclic) bond motifs is 1. The zero-order valence-corrected chi connectivity index (χ0v) is 18.8. The molecule has 0 aliphatic carbocycles. The topological polar surface area (TPSA) is 71.3 Å². The molecule has 0 saturated carbocycles. The van der Waals surface area contributed by atoms with Crippen LogP contribution in [0.3, 0.4) is 0 Å². The fourth-order valence-corrected chi connectivity index (χ4v) is 4.30. The van der Waals surface area contributed by atoms with Gasteiger partial charge in [-0.05, 0) is 23.8 Å². The third-order valence-corrected chi connectivity index (χ3v) is 6.14. The number of carbonyl (C=O) groups excluding carboxylic acids is 2. The van der Waals surface area contributed by atoms with Crippen LogP contribution in [0.15, 0.2) is 66.9 Å². The number of amides is 2. The molecule has 0 atom stereocenters. The van der Waals surface area contributed by atoms with Crippen molar-refractivity contribution in [1.82, 2.24) is 24.6 Å². The molecule has 2 aromatic carbocycles. The molecule has 34 heavy (non-hydrogen) atoms. The van der Waals surface area contributed by atoms with Crippen molar-refractivity contribution < 1.29 is 14.0 Å². The molecule has 7 nitrogen and oxygen atoms in total. The van der Waals surface area contributed by atoms with E-state index in [0.29, 0.717) is 55.0 Å². The summed E-state index contributed by atoms with van der Waals surface area (Å²) in [4.78, 5) is 33.6. The molecule has 5 rings (SSSR count). The van der Waals surface area contributed by atoms with Gasteiger partial charge in [-0.1, -0.05) is 42.5 Å². The van der Waals surface area contributed by atoms with E-state index in [0.717, 1.165) is 11.1 Å². The molecule has 2 amide bonds. The molecule has 0 radical (unpaired) electrons. The summed E-state index contributed by atoms with van der Waals surface area (Å²) in [5.74, 6) is -0.408. The molecule has 8 heteroatoms. The number of rotatable bonds is 4. The Labute approximate surface area is 196 Å². The van der Waals surface area contributed by atoms with Gasteiger partial charge in [0, 0.05) is 38.7 Å². The molecule has 3 heterocycles. The van der Waals surface area contributed by atoms with Gasteiger partial charge < -0.3 is 9.80 Å². The van der Waals surface area contributed by atoms with E-state index in [2.05, 4.69) is 5.10 Å². The van der Waals surface area contributed by atoms with Gasteiger partial charge in [0.1, 0.15) is 5.82 Å². The molecule has 1 fully saturated rings. The lowest BCUT2D eigenvalue weighted by molar-refractivity contribution is -0.130. The van der Waals surface area contributed by atoms with E-state index in [1.165, 1.54) is 12.1 Å². The normalized spacial score (nSPS) is 13.9. The predicted molar refractivity (Wildman–Crippen MR) is 127 cm³/mol. The first-order chi connectivity index (χ1) is 16.5. The lowest BCUT2D eigenvalue weighted by atomic mass is 10.1. The highest BCUT2D eigenvalue weighted by molar-refractivity contribution is 6.06. The van der Waals surface area contributed by atoms with Crippen LogP contribution in [-0.2, 0) is 11.3 Å². The smallest absolute Gasteiger partial charge is 0.254 e. The van der Waals surface area contributed by atoms with Crippen LogP contribution in [0.4, 0.5) is 4.39 Å². The van der Waals surface area contributed by atoms with Crippen LogP contribution in [-0.4, -0.2) is 62.6 Å². The van der Waals surface area contributed by atoms with Crippen molar-refractivity contribution in [3.8, 4) is 11.3 Å². The Bertz CT molecular complexity index is 1360. The minimum atomic E-state index is -0.313. The summed E-state index contributed by atoms with van der Waals surface area (Å²) in [6, 6.07) is 17.8. The van der Waals surface area contributed by atoms with Crippen molar-refractivity contribution in [3.05, 3.63) is 83.8 Å². The van der Waals surface area contributed by atoms with Crippen molar-refractivity contribution in [2.24, 2.45) is 0 Å². The van der Waals surface area contributed by atoms with Crippen molar-refractivity contribution in [2.45, 2.75) is 13.5 Å². The summed E-state index contributed by atoms with van der Waals surface area (Å²) in [6.45, 7) is 3.85. The molecule has 0 unspecified atom stereocenters. The van der Waals surface area contributed by atoms with E-state index < -0.39 is 0 Å². The van der Waals surface area contributed by atoms with E-state index in [1.807, 2.05) is 42.5 Å². The molecular weight excluding hydrogens is 433 g/mol. The Morgan fingerprint density at radius 3 is 2.38 bits per heavy atom. The molecule has 1 aliphatic heterocycles. The molecule has 0 N–H and O–H groups in total. The Hall–Kier alpha value is -4.07. The van der Waals surface area contributed by atoms with Gasteiger partial charge in [0.15, 0.2) is 5.65 Å². The summed E-state index contributed by atoms with van der Waals surface area (Å²) in [5, 5.41) is 5.13. The molecule has 1 aliphatic rings. The summed E-state index contributed by atoms with van der Waals surface area (Å²) in [5.41, 5.74) is 3.39. The highest BCUT2D eigenvalue weighted by Crippen LogP contribution is 2.27. The van der Waals surface area contributed by atoms with E-state index in [4.69, 9.17) is 4.98 Å². The van der Waals surface area contributed by atoms with Crippen LogP contribution in [0.25, 0.3) is 22.3 Å². The Balaban J connectivity index is 1.56. The molecule has 4 aromatic rings. The SMILES string of the molecule is CC(=O)N1CCN(C(=O)c2cc(-c3ccccc3)nc3c2cnn3Cc2cccc(F)c2)CC1. The maximum atomic E-state index is 13.7. The van der Waals surface area contributed by atoms with E-state index in [1.54, 1.807) is 33.7 Å². The first-order valence-electron chi connectivity index (χ1n) is 11.2. The third-order valence-electron chi connectivity index (χ3n) is 6.14. The number of halogens is 1. The van der Waals surface area contributed by atoms with Crippen LogP contribution in [0.5, 0.6) is 0 Å². The lowest BCUT2D eigenvalue weighted by Crippen LogP contribution is -2.50. The van der Waals surface area contributed by atoms with Crippen LogP contribution < -0.4 is 0 Å². The van der Waals surface area contributed by atoms with Crippen LogP contribution in [0, 0.1) is 5.82 Å². The van der Waals surface area contributed by atoms with E-state index in [9.17, 15) is 14.0 Å². The quantitative estimate of drug-likeness (QED) is 0.470. The van der Waals surface area contributed by atoms with Crippen LogP contribution in [0.2, 0.25) is 0 Å². The summed E-state index contributed by atoms with van der Waals surface area (Å²) >= 11 is 0. The van der Waals surface area contributed by atoms with Gasteiger partial charge in [0.2, 0.25) is 5.91 Å². The molecule has 0 bridgehead atoms. The molecule has 0 spiro atoms. The molecule has 2 aromatic heterocycles. The van der Waals surface area contributed by atoms with E-state index >= 15 is 0 Å². The largest absolute Gasteiger partial charge is 0.339 e. The summed E-state index contributed by atoms with van der Waals surface area (Å²) in [7, 11) is 0. The second-order valence-corrected chi connectivity index (χ2v) is 8.39. The Morgan fingerprint density at radius 2 is 1.68 bits per heavy atom. The second kappa shape index (κ2) is 9.05. The van der Waals surface area contributed by atoms with Crippen molar-refractivity contribution >= 4 is 22.8 Å². The fourth-order valence-electron chi connectivity index (χ4n) is 4.30. The van der Waals surface area contributed by atoms with Crippen molar-refractivity contribution in [3.63, 3.8) is 0 Å². The van der Waals surface area contributed by atoms with Gasteiger partial charge in [-0.2, -0.15) is 5.10 Å². The van der Waals surface area contributed by atoms with Crippen LogP contribution in [0.1, 0.15) is 22.8 Å². The zero-order valence-electron chi connectivity index (χ0n) is 18.8. The number of benzene rings is 2. The minimum absolute atomic E-state index is 0.0170. The van der Waals surface area contributed by atoms with Crippen molar-refractivity contribution in [2.75, 3.05) is 26.2 Å². The zero-order chi connectivity index (χ0) is 23.7. The number of pyridine rings is 1. The Morgan fingerprint density at radius 1 is 0.941 bits per heavy atom. The standard InChI is InChI=1S/C26H24FN5O2/c1-18(33)30-10-12-31(13-11-30)26(34)22-15-24(20-7-3-2-4-8-20)29-25-23(22)16-28-32(25)17-19-6-5-9-21(27)14-19/h2-9,14-16H,10-13,17H2,1H3. The fraction of sp³-hybridized carbons (Fsp3) is 0.231. The van der Waals surface area contributed by atoms with Gasteiger partial charge in [-0.3, -0.25) is 9.59 Å². The molecule has 172 valence electrons. The highest BCUT2D eigenvalue weighted by Gasteiger charge is 2.26. The van der Waals surface area contributed by atoms with Gasteiger partial charge in [-0.25, -0.2) is 14.1 Å². The van der Waals surface area contributed by atoms with Gasteiger partial charge in [-0.15, -0.1) is 0 Å². The van der Waals surface area contributed by atoms with Gasteiger partial charge >= 0.3 is 0 Å². The monoisotopic (exact) mass is 457 g/mol. The number of carbonyl (C=O) groups is 2. The Kier molecular flexibility index (Phi) is 5.79. The van der Waals surface area contributed by atoms with Gasteiger partial charge in [0.05, 0.1) is 29.4 Å². The van der Waals surface area contributed by atoms with E-state index in [-0.39, 0.29) is 17.6 Å². The van der Waals surface area contributed by atoms with Crippen molar-refractivity contribution in [1.29, 1.82) is 0 Å². The first kappa shape index (κ1) is 21.8. The maximum Gasteiger partial charge on any atom is 0.254 e. The number of hydrogen-bond acceptors (Lipinski definition) is 4. The number of aromatic nitrogens is 3. The predicted octanol–water partition coefficient (Wildman–Crippen LogP) is 3.59. The number of hydrogen-bond donors (Lipinski definition) is 0. The number of nitrogens with zero attached hydrogens (tertiary/aromatic N) is 5. The number of piperazine rings is 1. The second-order valence-electron chi connectivity index (χ2n) is 8.39. The molecular formula is C26H24FN5O2. The van der Waals surface area contributed by atoms with Gasteiger partial charge in [0.25, 0.3) is 5.91 Å². The molecule has 1 saturated heterocycles. The van der Waals surface area contributed by atoms with Crippen LogP contribution >= 0.6 is 0 Å². The maximum absolute atomic E-state index is 13.7. The summed E-state index contributed by atoms with van der Waals surface area (Å²) < 4.78 is 15.4. The highest BCUT2D eigenvalue weighted by atomic mass is 19.1. The first-order valence-corrected chi connectivity index (χ1v) is 11.2. The third kappa shape index (κ3) is 4.26. The minimum Gasteiger partial charge on any atom is -0.339 e. The average molecular weight is 458 g/mol. The lowest BCUT2D eigenvalue weighted by Gasteiger charge is -2.34.